The fourth-order valence-electron chi connectivity index (χ4n) is 3.10. The summed E-state index contributed by atoms with van der Waals surface area (Å²) in [4.78, 5) is 28.2. The highest BCUT2D eigenvalue weighted by Crippen LogP contribution is 2.24. The van der Waals surface area contributed by atoms with Gasteiger partial charge < -0.3 is 13.7 Å². The summed E-state index contributed by atoms with van der Waals surface area (Å²) >= 11 is 11.8. The van der Waals surface area contributed by atoms with Crippen LogP contribution in [0, 0.1) is 0 Å². The van der Waals surface area contributed by atoms with E-state index in [-0.39, 0.29) is 29.2 Å². The Morgan fingerprint density at radius 3 is 2.48 bits per heavy atom. The second-order valence-electron chi connectivity index (χ2n) is 6.90. The van der Waals surface area contributed by atoms with Crippen LogP contribution in [0.5, 0.6) is 0 Å². The number of hydrogen-bond acceptors (Lipinski definition) is 5. The lowest BCUT2D eigenvalue weighted by Gasteiger charge is -2.11. The molecule has 0 spiro atoms. The molecule has 2 aromatic heterocycles. The van der Waals surface area contributed by atoms with Gasteiger partial charge in [-0.25, -0.2) is 15.2 Å². The van der Waals surface area contributed by atoms with E-state index < -0.39 is 12.0 Å². The molecule has 0 saturated heterocycles. The summed E-state index contributed by atoms with van der Waals surface area (Å²) in [6.07, 6.45) is 0.651. The van der Waals surface area contributed by atoms with Gasteiger partial charge >= 0.3 is 12.0 Å². The van der Waals surface area contributed by atoms with Gasteiger partial charge in [-0.2, -0.15) is 0 Å². The van der Waals surface area contributed by atoms with Crippen molar-refractivity contribution in [1.29, 1.82) is 0 Å². The molecule has 10 heteroatoms. The molecular formula is C23H18Cl2N4O4. The zero-order chi connectivity index (χ0) is 23.2. The lowest BCUT2D eigenvalue weighted by atomic mass is 10.0. The van der Waals surface area contributed by atoms with Crippen molar-refractivity contribution in [2.45, 2.75) is 13.2 Å². The minimum atomic E-state index is -0.808. The zero-order valence-corrected chi connectivity index (χ0v) is 18.6. The van der Waals surface area contributed by atoms with Crippen LogP contribution in [0.1, 0.15) is 21.9 Å². The molecule has 168 valence electrons. The molecule has 0 unspecified atom stereocenters. The van der Waals surface area contributed by atoms with Gasteiger partial charge in [-0.1, -0.05) is 77.8 Å². The Kier molecular flexibility index (Phi) is 6.97. The number of imidazole rings is 1. The lowest BCUT2D eigenvalue weighted by Crippen LogP contribution is -2.41. The maximum Gasteiger partial charge on any atom is 0.426 e. The molecule has 2 heterocycles. The number of aromatic nitrogens is 2. The normalized spacial score (nSPS) is 10.6. The number of halogens is 2. The van der Waals surface area contributed by atoms with Crippen LogP contribution in [0.15, 0.2) is 77.5 Å². The lowest BCUT2D eigenvalue weighted by molar-refractivity contribution is 0.0876. The van der Waals surface area contributed by atoms with Gasteiger partial charge in [-0.15, -0.1) is 0 Å². The first-order chi connectivity index (χ1) is 16.0. The monoisotopic (exact) mass is 484 g/mol. The molecule has 2 amide bonds. The second-order valence-corrected chi connectivity index (χ2v) is 7.61. The minimum Gasteiger partial charge on any atom is -0.454 e. The van der Waals surface area contributed by atoms with Gasteiger partial charge in [0.2, 0.25) is 0 Å². The van der Waals surface area contributed by atoms with E-state index in [1.807, 2.05) is 54.6 Å². The highest BCUT2D eigenvalue weighted by Gasteiger charge is 2.15. The first kappa shape index (κ1) is 22.4. The van der Waals surface area contributed by atoms with Crippen molar-refractivity contribution in [2.24, 2.45) is 0 Å². The molecule has 4 aromatic rings. The predicted molar refractivity (Wildman–Crippen MR) is 123 cm³/mol. The number of ether oxygens (including phenoxy) is 1. The molecule has 0 bridgehead atoms. The molecule has 0 saturated carbocycles. The summed E-state index contributed by atoms with van der Waals surface area (Å²) in [6.45, 7) is 0.272. The van der Waals surface area contributed by atoms with E-state index in [0.29, 0.717) is 5.76 Å². The zero-order valence-electron chi connectivity index (χ0n) is 17.1. The third-order valence-electron chi connectivity index (χ3n) is 4.68. The topological polar surface area (TPSA) is 98.4 Å². The van der Waals surface area contributed by atoms with Gasteiger partial charge in [0.15, 0.2) is 10.9 Å². The minimum absolute atomic E-state index is 0.00191. The molecule has 0 aliphatic heterocycles. The quantitative estimate of drug-likeness (QED) is 0.372. The van der Waals surface area contributed by atoms with Gasteiger partial charge in [0.1, 0.15) is 17.5 Å². The maximum atomic E-state index is 12.3. The van der Waals surface area contributed by atoms with Crippen LogP contribution in [-0.2, 0) is 17.9 Å². The Morgan fingerprint density at radius 1 is 0.970 bits per heavy atom. The Labute approximate surface area is 199 Å². The third kappa shape index (κ3) is 5.54. The molecule has 33 heavy (non-hydrogen) atoms. The molecule has 0 aliphatic carbocycles. The summed E-state index contributed by atoms with van der Waals surface area (Å²) < 4.78 is 12.3. The van der Waals surface area contributed by atoms with Crippen LogP contribution in [0.25, 0.3) is 11.1 Å². The smallest absolute Gasteiger partial charge is 0.426 e. The van der Waals surface area contributed by atoms with E-state index in [2.05, 4.69) is 15.8 Å². The van der Waals surface area contributed by atoms with Crippen LogP contribution in [0.2, 0.25) is 10.3 Å². The first-order valence-corrected chi connectivity index (χ1v) is 10.6. The maximum absolute atomic E-state index is 12.3. The van der Waals surface area contributed by atoms with Crippen molar-refractivity contribution in [3.63, 3.8) is 0 Å². The van der Waals surface area contributed by atoms with E-state index in [1.165, 1.54) is 12.4 Å². The molecule has 0 fully saturated rings. The number of hydrogen-bond donors (Lipinski definition) is 2. The van der Waals surface area contributed by atoms with E-state index >= 15 is 0 Å². The number of carbonyl (C=O) groups excluding carboxylic acids is 2. The average Bonchev–Trinajstić information content (AvgIpc) is 3.44. The molecule has 4 rings (SSSR count). The summed E-state index contributed by atoms with van der Waals surface area (Å²) in [6, 6.07) is 20.5. The SMILES string of the molecule is O=C(NNC(=O)c1ccc(Cn2cnc(Cl)c2Cl)o1)OCc1ccccc1-c1ccccc1. The van der Waals surface area contributed by atoms with Crippen LogP contribution in [0.4, 0.5) is 4.79 Å². The molecular weight excluding hydrogens is 467 g/mol. The Hall–Kier alpha value is -3.75. The standard InChI is InChI=1S/C23H18Cl2N4O4/c24-20-21(25)29(14-26-20)12-17-10-11-19(33-17)22(30)27-28-23(31)32-13-16-8-4-5-9-18(16)15-6-2-1-3-7-15/h1-11,14H,12-13H2,(H,27,30)(H,28,31). The van der Waals surface area contributed by atoms with E-state index in [1.54, 1.807) is 10.6 Å². The van der Waals surface area contributed by atoms with Crippen LogP contribution < -0.4 is 10.9 Å². The summed E-state index contributed by atoms with van der Waals surface area (Å²) in [5.41, 5.74) is 7.26. The summed E-state index contributed by atoms with van der Waals surface area (Å²) in [7, 11) is 0. The fourth-order valence-corrected chi connectivity index (χ4v) is 3.40. The van der Waals surface area contributed by atoms with Crippen LogP contribution >= 0.6 is 23.2 Å². The number of rotatable bonds is 6. The third-order valence-corrected chi connectivity index (χ3v) is 5.45. The van der Waals surface area contributed by atoms with Crippen molar-refractivity contribution in [3.05, 3.63) is 100 Å². The van der Waals surface area contributed by atoms with Gasteiger partial charge in [0.25, 0.3) is 0 Å². The van der Waals surface area contributed by atoms with E-state index in [9.17, 15) is 9.59 Å². The van der Waals surface area contributed by atoms with Gasteiger partial charge in [0.05, 0.1) is 12.9 Å². The fraction of sp³-hybridized carbons (Fsp3) is 0.0870. The molecule has 8 nitrogen and oxygen atoms in total. The van der Waals surface area contributed by atoms with Crippen molar-refractivity contribution in [2.75, 3.05) is 0 Å². The van der Waals surface area contributed by atoms with Crippen LogP contribution in [0.3, 0.4) is 0 Å². The predicted octanol–water partition coefficient (Wildman–Crippen LogP) is 5.07. The van der Waals surface area contributed by atoms with E-state index in [4.69, 9.17) is 32.4 Å². The second kappa shape index (κ2) is 10.2. The number of nitrogens with one attached hydrogen (secondary N) is 2. The summed E-state index contributed by atoms with van der Waals surface area (Å²) in [5, 5.41) is 0.438. The highest BCUT2D eigenvalue weighted by atomic mass is 35.5. The van der Waals surface area contributed by atoms with Crippen LogP contribution in [-0.4, -0.2) is 21.6 Å². The van der Waals surface area contributed by atoms with Crippen molar-refractivity contribution >= 4 is 35.2 Å². The highest BCUT2D eigenvalue weighted by molar-refractivity contribution is 6.40. The van der Waals surface area contributed by atoms with Gasteiger partial charge in [0, 0.05) is 0 Å². The molecule has 2 N–H and O–H groups in total. The van der Waals surface area contributed by atoms with Crippen molar-refractivity contribution < 1.29 is 18.7 Å². The Balaban J connectivity index is 1.29. The number of hydrazine groups is 1. The van der Waals surface area contributed by atoms with Crippen molar-refractivity contribution in [3.8, 4) is 11.1 Å². The number of nitrogens with zero attached hydrogens (tertiary/aromatic N) is 2. The Bertz CT molecular complexity index is 1270. The van der Waals surface area contributed by atoms with Crippen molar-refractivity contribution in [1.82, 2.24) is 20.4 Å². The summed E-state index contributed by atoms with van der Waals surface area (Å²) in [5.74, 6) is -0.184. The van der Waals surface area contributed by atoms with Gasteiger partial charge in [-0.05, 0) is 28.8 Å². The number of benzene rings is 2. The Morgan fingerprint density at radius 2 is 1.73 bits per heavy atom. The molecule has 0 radical (unpaired) electrons. The number of furan rings is 1. The number of amides is 2. The average molecular weight is 485 g/mol. The molecule has 0 aliphatic rings. The first-order valence-electron chi connectivity index (χ1n) is 9.82. The van der Waals surface area contributed by atoms with E-state index in [0.717, 1.165) is 16.7 Å². The molecule has 2 aromatic carbocycles. The largest absolute Gasteiger partial charge is 0.454 e. The molecule has 0 atom stereocenters. The number of carbonyl (C=O) groups is 2. The van der Waals surface area contributed by atoms with Gasteiger partial charge in [-0.3, -0.25) is 10.2 Å².